The molecule has 2 saturated carbocycles. The van der Waals surface area contributed by atoms with Crippen molar-refractivity contribution in [3.05, 3.63) is 0 Å². The first-order valence-corrected chi connectivity index (χ1v) is 9.33. The molecule has 0 aromatic carbocycles. The van der Waals surface area contributed by atoms with Crippen LogP contribution in [0.25, 0.3) is 0 Å². The van der Waals surface area contributed by atoms with Crippen LogP contribution in [0.5, 0.6) is 0 Å². The van der Waals surface area contributed by atoms with Gasteiger partial charge in [-0.15, -0.1) is 0 Å². The number of nitrogens with zero attached hydrogens (tertiary/aromatic N) is 1. The van der Waals surface area contributed by atoms with Gasteiger partial charge < -0.3 is 10.2 Å². The van der Waals surface area contributed by atoms with Crippen molar-refractivity contribution in [3.63, 3.8) is 0 Å². The largest absolute Gasteiger partial charge is 0.353 e. The van der Waals surface area contributed by atoms with E-state index in [2.05, 4.69) is 5.32 Å². The number of carbonyl (C=O) groups excluding carboxylic acids is 2. The Balaban J connectivity index is 1.42. The molecule has 0 aromatic heterocycles. The van der Waals surface area contributed by atoms with Gasteiger partial charge in [-0.2, -0.15) is 0 Å². The van der Waals surface area contributed by atoms with Gasteiger partial charge >= 0.3 is 0 Å². The lowest BCUT2D eigenvalue weighted by Gasteiger charge is -2.31. The van der Waals surface area contributed by atoms with Crippen molar-refractivity contribution in [2.24, 2.45) is 11.8 Å². The lowest BCUT2D eigenvalue weighted by molar-refractivity contribution is -0.137. The van der Waals surface area contributed by atoms with Gasteiger partial charge in [0, 0.05) is 31.0 Å². The van der Waals surface area contributed by atoms with E-state index in [0.717, 1.165) is 64.5 Å². The molecule has 4 nitrogen and oxygen atoms in total. The van der Waals surface area contributed by atoms with Crippen LogP contribution >= 0.6 is 0 Å². The maximum absolute atomic E-state index is 12.4. The third kappa shape index (κ3) is 3.82. The van der Waals surface area contributed by atoms with Crippen LogP contribution in [0.3, 0.4) is 0 Å². The highest BCUT2D eigenvalue weighted by atomic mass is 16.2. The fraction of sp³-hybridized carbons (Fsp3) is 0.889. The topological polar surface area (TPSA) is 49.4 Å². The van der Waals surface area contributed by atoms with Crippen LogP contribution in [0.1, 0.15) is 70.6 Å². The molecule has 3 rings (SSSR count). The van der Waals surface area contributed by atoms with Crippen molar-refractivity contribution >= 4 is 11.8 Å². The predicted octanol–water partition coefficient (Wildman–Crippen LogP) is 2.86. The lowest BCUT2D eigenvalue weighted by Crippen LogP contribution is -2.42. The number of hydrogen-bond donors (Lipinski definition) is 1. The summed E-state index contributed by atoms with van der Waals surface area (Å²) in [6, 6.07) is 0.408. The van der Waals surface area contributed by atoms with E-state index in [1.54, 1.807) is 0 Å². The fourth-order valence-electron chi connectivity index (χ4n) is 4.36. The Morgan fingerprint density at radius 1 is 0.727 bits per heavy atom. The van der Waals surface area contributed by atoms with E-state index in [0.29, 0.717) is 11.9 Å². The van der Waals surface area contributed by atoms with Crippen LogP contribution in [0.4, 0.5) is 0 Å². The third-order valence-electron chi connectivity index (χ3n) is 5.82. The number of nitrogens with one attached hydrogen (secondary N) is 1. The fourth-order valence-corrected chi connectivity index (χ4v) is 4.36. The molecule has 1 N–H and O–H groups in total. The Kier molecular flexibility index (Phi) is 5.37. The van der Waals surface area contributed by atoms with Gasteiger partial charge in [-0.05, 0) is 51.4 Å². The molecular weight excluding hydrogens is 276 g/mol. The molecular formula is C18H30N2O2. The molecule has 1 saturated heterocycles. The molecule has 0 atom stereocenters. The summed E-state index contributed by atoms with van der Waals surface area (Å²) in [6.07, 6.45) is 12.0. The molecule has 22 heavy (non-hydrogen) atoms. The minimum absolute atomic E-state index is 0.143. The van der Waals surface area contributed by atoms with E-state index in [-0.39, 0.29) is 17.7 Å². The van der Waals surface area contributed by atoms with E-state index in [9.17, 15) is 9.59 Å². The zero-order valence-corrected chi connectivity index (χ0v) is 13.7. The summed E-state index contributed by atoms with van der Waals surface area (Å²) in [5.41, 5.74) is 0. The Morgan fingerprint density at radius 3 is 1.95 bits per heavy atom. The Hall–Kier alpha value is -1.06. The summed E-state index contributed by atoms with van der Waals surface area (Å²) in [5, 5.41) is 3.25. The number of likely N-dealkylation sites (tertiary alicyclic amines) is 1. The standard InChI is InChI=1S/C18H30N2O2/c21-17(19-16-6-2-1-3-7-16)14-8-10-15(11-9-14)18(22)20-12-4-5-13-20/h14-16H,1-13H2,(H,19,21). The lowest BCUT2D eigenvalue weighted by atomic mass is 9.80. The Morgan fingerprint density at radius 2 is 1.32 bits per heavy atom. The van der Waals surface area contributed by atoms with Crippen LogP contribution in [0.2, 0.25) is 0 Å². The maximum atomic E-state index is 12.4. The van der Waals surface area contributed by atoms with Crippen molar-refractivity contribution < 1.29 is 9.59 Å². The molecule has 0 aromatic rings. The van der Waals surface area contributed by atoms with Gasteiger partial charge in [0.25, 0.3) is 0 Å². The minimum atomic E-state index is 0.143. The quantitative estimate of drug-likeness (QED) is 0.871. The van der Waals surface area contributed by atoms with E-state index in [1.165, 1.54) is 19.3 Å². The molecule has 0 radical (unpaired) electrons. The molecule has 0 spiro atoms. The molecule has 1 heterocycles. The van der Waals surface area contributed by atoms with Gasteiger partial charge in [0.05, 0.1) is 0 Å². The van der Waals surface area contributed by atoms with Crippen molar-refractivity contribution in [2.75, 3.05) is 13.1 Å². The zero-order chi connectivity index (χ0) is 15.4. The van der Waals surface area contributed by atoms with Crippen LogP contribution < -0.4 is 5.32 Å². The van der Waals surface area contributed by atoms with E-state index >= 15 is 0 Å². The first-order chi connectivity index (χ1) is 10.7. The van der Waals surface area contributed by atoms with E-state index in [4.69, 9.17) is 0 Å². The van der Waals surface area contributed by atoms with Crippen LogP contribution in [-0.2, 0) is 9.59 Å². The van der Waals surface area contributed by atoms with Crippen molar-refractivity contribution in [1.82, 2.24) is 10.2 Å². The van der Waals surface area contributed by atoms with Crippen LogP contribution in [-0.4, -0.2) is 35.8 Å². The van der Waals surface area contributed by atoms with Gasteiger partial charge in [0.15, 0.2) is 0 Å². The second-order valence-electron chi connectivity index (χ2n) is 7.42. The van der Waals surface area contributed by atoms with Gasteiger partial charge in [-0.25, -0.2) is 0 Å². The summed E-state index contributed by atoms with van der Waals surface area (Å²) in [7, 11) is 0. The first kappa shape index (κ1) is 15.8. The molecule has 1 aliphatic heterocycles. The summed E-state index contributed by atoms with van der Waals surface area (Å²) >= 11 is 0. The SMILES string of the molecule is O=C(NC1CCCCC1)C1CCC(C(=O)N2CCCC2)CC1. The zero-order valence-electron chi connectivity index (χ0n) is 13.7. The number of rotatable bonds is 3. The Labute approximate surface area is 134 Å². The molecule has 4 heteroatoms. The maximum Gasteiger partial charge on any atom is 0.225 e. The normalized spacial score (nSPS) is 30.3. The monoisotopic (exact) mass is 306 g/mol. The van der Waals surface area contributed by atoms with Gasteiger partial charge in [0.1, 0.15) is 0 Å². The molecule has 0 unspecified atom stereocenters. The Bertz CT molecular complexity index is 390. The average molecular weight is 306 g/mol. The van der Waals surface area contributed by atoms with Crippen molar-refractivity contribution in [3.8, 4) is 0 Å². The molecule has 3 fully saturated rings. The van der Waals surface area contributed by atoms with E-state index in [1.807, 2.05) is 4.90 Å². The molecule has 2 amide bonds. The summed E-state index contributed by atoms with van der Waals surface area (Å²) in [6.45, 7) is 1.89. The van der Waals surface area contributed by atoms with Crippen LogP contribution in [0.15, 0.2) is 0 Å². The van der Waals surface area contributed by atoms with Crippen molar-refractivity contribution in [1.29, 1.82) is 0 Å². The number of carbonyl (C=O) groups is 2. The second kappa shape index (κ2) is 7.47. The van der Waals surface area contributed by atoms with Gasteiger partial charge in [-0.1, -0.05) is 19.3 Å². The summed E-state index contributed by atoms with van der Waals surface area (Å²) in [5.74, 6) is 0.920. The summed E-state index contributed by atoms with van der Waals surface area (Å²) < 4.78 is 0. The highest BCUT2D eigenvalue weighted by molar-refractivity contribution is 5.81. The average Bonchev–Trinajstić information content (AvgIpc) is 3.10. The summed E-state index contributed by atoms with van der Waals surface area (Å²) in [4.78, 5) is 26.8. The number of hydrogen-bond acceptors (Lipinski definition) is 2. The molecule has 0 bridgehead atoms. The van der Waals surface area contributed by atoms with E-state index < -0.39 is 0 Å². The molecule has 2 aliphatic carbocycles. The molecule has 3 aliphatic rings. The highest BCUT2D eigenvalue weighted by Gasteiger charge is 2.33. The molecule has 124 valence electrons. The first-order valence-electron chi connectivity index (χ1n) is 9.33. The minimum Gasteiger partial charge on any atom is -0.353 e. The van der Waals surface area contributed by atoms with Gasteiger partial charge in [-0.3, -0.25) is 9.59 Å². The highest BCUT2D eigenvalue weighted by Crippen LogP contribution is 2.31. The van der Waals surface area contributed by atoms with Crippen LogP contribution in [0, 0.1) is 11.8 Å². The smallest absolute Gasteiger partial charge is 0.225 e. The second-order valence-corrected chi connectivity index (χ2v) is 7.42. The number of amides is 2. The van der Waals surface area contributed by atoms with Crippen molar-refractivity contribution in [2.45, 2.75) is 76.7 Å². The van der Waals surface area contributed by atoms with Gasteiger partial charge in [0.2, 0.25) is 11.8 Å². The predicted molar refractivity (Wildman–Crippen MR) is 86.3 cm³/mol. The third-order valence-corrected chi connectivity index (χ3v) is 5.82.